The van der Waals surface area contributed by atoms with E-state index in [9.17, 15) is 14.0 Å². The molecule has 0 heterocycles. The number of hydrogen-bond acceptors (Lipinski definition) is 3. The molecule has 0 unspecified atom stereocenters. The van der Waals surface area contributed by atoms with Crippen molar-refractivity contribution in [1.29, 1.82) is 0 Å². The van der Waals surface area contributed by atoms with Crippen molar-refractivity contribution in [2.75, 3.05) is 6.61 Å². The molecule has 1 atom stereocenters. The van der Waals surface area contributed by atoms with Crippen molar-refractivity contribution in [3.8, 4) is 5.75 Å². The molecule has 5 nitrogen and oxygen atoms in total. The van der Waals surface area contributed by atoms with Crippen molar-refractivity contribution in [2.45, 2.75) is 71.0 Å². The summed E-state index contributed by atoms with van der Waals surface area (Å²) in [6.07, 6.45) is 5.80. The van der Waals surface area contributed by atoms with E-state index in [4.69, 9.17) is 16.3 Å². The summed E-state index contributed by atoms with van der Waals surface area (Å²) >= 11 is 6.07. The lowest BCUT2D eigenvalue weighted by molar-refractivity contribution is -0.143. The first-order valence-electron chi connectivity index (χ1n) is 11.6. The second kappa shape index (κ2) is 12.0. The van der Waals surface area contributed by atoms with Crippen molar-refractivity contribution in [3.63, 3.8) is 0 Å². The highest BCUT2D eigenvalue weighted by Crippen LogP contribution is 2.22. The van der Waals surface area contributed by atoms with E-state index in [1.807, 2.05) is 13.8 Å². The monoisotopic (exact) mass is 474 g/mol. The number of amides is 2. The van der Waals surface area contributed by atoms with Crippen molar-refractivity contribution in [3.05, 3.63) is 64.4 Å². The van der Waals surface area contributed by atoms with Crippen LogP contribution in [0.5, 0.6) is 5.75 Å². The van der Waals surface area contributed by atoms with Gasteiger partial charge in [-0.1, -0.05) is 49.9 Å². The molecule has 2 aromatic carbocycles. The van der Waals surface area contributed by atoms with Gasteiger partial charge in [-0.05, 0) is 67.6 Å². The maximum atomic E-state index is 13.4. The summed E-state index contributed by atoms with van der Waals surface area (Å²) in [5, 5.41) is 3.76. The SMILES string of the molecule is CC[C@@H](C(=O)NC1CCCCC1)N(Cc1ccc(F)cc1)C(=O)COc1ccc(Cl)c(C)c1. The van der Waals surface area contributed by atoms with Gasteiger partial charge >= 0.3 is 0 Å². The Balaban J connectivity index is 1.75. The van der Waals surface area contributed by atoms with Crippen LogP contribution >= 0.6 is 11.6 Å². The minimum Gasteiger partial charge on any atom is -0.484 e. The fourth-order valence-corrected chi connectivity index (χ4v) is 4.30. The molecular weight excluding hydrogens is 443 g/mol. The average molecular weight is 475 g/mol. The molecule has 0 saturated heterocycles. The summed E-state index contributed by atoms with van der Waals surface area (Å²) in [6, 6.07) is 10.7. The van der Waals surface area contributed by atoms with Gasteiger partial charge in [0.1, 0.15) is 17.6 Å². The molecular formula is C26H32ClFN2O3. The fourth-order valence-electron chi connectivity index (χ4n) is 4.19. The molecule has 1 aliphatic rings. The minimum atomic E-state index is -0.639. The lowest BCUT2D eigenvalue weighted by atomic mass is 9.95. The Bertz CT molecular complexity index is 945. The molecule has 178 valence electrons. The number of carbonyl (C=O) groups is 2. The number of halogens is 2. The standard InChI is InChI=1S/C26H32ClFN2O3/c1-3-24(26(32)29-21-7-5-4-6-8-21)30(16-19-9-11-20(28)12-10-19)25(31)17-33-22-13-14-23(27)18(2)15-22/h9-15,21,24H,3-8,16-17H2,1-2H3,(H,29,32)/t24-/m0/s1. The van der Waals surface area contributed by atoms with E-state index in [2.05, 4.69) is 5.32 Å². The highest BCUT2D eigenvalue weighted by molar-refractivity contribution is 6.31. The number of hydrogen-bond donors (Lipinski definition) is 1. The van der Waals surface area contributed by atoms with Crippen LogP contribution in [0.3, 0.4) is 0 Å². The predicted octanol–water partition coefficient (Wildman–Crippen LogP) is 5.42. The number of aryl methyl sites for hydroxylation is 1. The number of nitrogens with one attached hydrogen (secondary N) is 1. The van der Waals surface area contributed by atoms with Gasteiger partial charge in [-0.2, -0.15) is 0 Å². The quantitative estimate of drug-likeness (QED) is 0.527. The average Bonchev–Trinajstić information content (AvgIpc) is 2.81. The number of nitrogens with zero attached hydrogens (tertiary/aromatic N) is 1. The number of benzene rings is 2. The van der Waals surface area contributed by atoms with Crippen molar-refractivity contribution in [2.24, 2.45) is 0 Å². The van der Waals surface area contributed by atoms with Gasteiger partial charge in [0, 0.05) is 17.6 Å². The van der Waals surface area contributed by atoms with E-state index in [0.29, 0.717) is 17.2 Å². The summed E-state index contributed by atoms with van der Waals surface area (Å²) in [4.78, 5) is 28.0. The van der Waals surface area contributed by atoms with Gasteiger partial charge in [-0.15, -0.1) is 0 Å². The second-order valence-corrected chi connectivity index (χ2v) is 9.02. The maximum absolute atomic E-state index is 13.4. The third-order valence-corrected chi connectivity index (χ3v) is 6.52. The number of carbonyl (C=O) groups excluding carboxylic acids is 2. The maximum Gasteiger partial charge on any atom is 0.261 e. The summed E-state index contributed by atoms with van der Waals surface area (Å²) in [6.45, 7) is 3.73. The molecule has 1 saturated carbocycles. The molecule has 0 bridgehead atoms. The van der Waals surface area contributed by atoms with E-state index in [1.54, 1.807) is 30.3 Å². The summed E-state index contributed by atoms with van der Waals surface area (Å²) in [7, 11) is 0. The summed E-state index contributed by atoms with van der Waals surface area (Å²) in [5.41, 5.74) is 1.60. The number of rotatable bonds is 9. The molecule has 0 radical (unpaired) electrons. The molecule has 1 N–H and O–H groups in total. The minimum absolute atomic E-state index is 0.149. The molecule has 1 fully saturated rings. The van der Waals surface area contributed by atoms with Crippen molar-refractivity contribution in [1.82, 2.24) is 10.2 Å². The largest absolute Gasteiger partial charge is 0.484 e. The first kappa shape index (κ1) is 25.0. The Labute approximate surface area is 200 Å². The van der Waals surface area contributed by atoms with Gasteiger partial charge in [0.25, 0.3) is 5.91 Å². The van der Waals surface area contributed by atoms with E-state index in [1.165, 1.54) is 23.5 Å². The van der Waals surface area contributed by atoms with Crippen LogP contribution in [0.1, 0.15) is 56.6 Å². The third kappa shape index (κ3) is 7.19. The zero-order valence-corrected chi connectivity index (χ0v) is 20.0. The van der Waals surface area contributed by atoms with Crippen LogP contribution < -0.4 is 10.1 Å². The molecule has 3 rings (SSSR count). The van der Waals surface area contributed by atoms with Crippen LogP contribution in [0.2, 0.25) is 5.02 Å². The topological polar surface area (TPSA) is 58.6 Å². The Kier molecular flexibility index (Phi) is 9.12. The normalized spacial score (nSPS) is 15.0. The van der Waals surface area contributed by atoms with Crippen LogP contribution in [-0.2, 0) is 16.1 Å². The molecule has 7 heteroatoms. The fraction of sp³-hybridized carbons (Fsp3) is 0.462. The van der Waals surface area contributed by atoms with Gasteiger partial charge in [-0.25, -0.2) is 4.39 Å². The first-order chi connectivity index (χ1) is 15.9. The predicted molar refractivity (Wildman–Crippen MR) is 128 cm³/mol. The molecule has 0 aliphatic heterocycles. The van der Waals surface area contributed by atoms with Crippen LogP contribution in [-0.4, -0.2) is 35.4 Å². The van der Waals surface area contributed by atoms with Gasteiger partial charge in [0.2, 0.25) is 5.91 Å². The molecule has 0 spiro atoms. The van der Waals surface area contributed by atoms with E-state index in [0.717, 1.165) is 36.8 Å². The van der Waals surface area contributed by atoms with Gasteiger partial charge < -0.3 is 15.0 Å². The van der Waals surface area contributed by atoms with Crippen LogP contribution in [0, 0.1) is 12.7 Å². The zero-order chi connectivity index (χ0) is 23.8. The molecule has 33 heavy (non-hydrogen) atoms. The molecule has 2 aromatic rings. The van der Waals surface area contributed by atoms with E-state index < -0.39 is 6.04 Å². The molecule has 2 amide bonds. The highest BCUT2D eigenvalue weighted by atomic mass is 35.5. The van der Waals surface area contributed by atoms with Crippen molar-refractivity contribution >= 4 is 23.4 Å². The molecule has 0 aromatic heterocycles. The Morgan fingerprint density at radius 2 is 1.85 bits per heavy atom. The third-order valence-electron chi connectivity index (χ3n) is 6.10. The lowest BCUT2D eigenvalue weighted by Crippen LogP contribution is -2.52. The van der Waals surface area contributed by atoms with E-state index in [-0.39, 0.29) is 36.8 Å². The number of ether oxygens (including phenoxy) is 1. The first-order valence-corrected chi connectivity index (χ1v) is 12.0. The second-order valence-electron chi connectivity index (χ2n) is 8.62. The zero-order valence-electron chi connectivity index (χ0n) is 19.3. The van der Waals surface area contributed by atoms with Crippen molar-refractivity contribution < 1.29 is 18.7 Å². The van der Waals surface area contributed by atoms with Crippen LogP contribution in [0.4, 0.5) is 4.39 Å². The molecule has 1 aliphatic carbocycles. The Hall–Kier alpha value is -2.60. The smallest absolute Gasteiger partial charge is 0.261 e. The van der Waals surface area contributed by atoms with Crippen LogP contribution in [0.25, 0.3) is 0 Å². The Morgan fingerprint density at radius 3 is 2.48 bits per heavy atom. The Morgan fingerprint density at radius 1 is 1.15 bits per heavy atom. The summed E-state index contributed by atoms with van der Waals surface area (Å²) in [5.74, 6) is -0.272. The summed E-state index contributed by atoms with van der Waals surface area (Å²) < 4.78 is 19.1. The van der Waals surface area contributed by atoms with E-state index >= 15 is 0 Å². The van der Waals surface area contributed by atoms with Gasteiger partial charge in [-0.3, -0.25) is 9.59 Å². The van der Waals surface area contributed by atoms with Gasteiger partial charge in [0.05, 0.1) is 0 Å². The van der Waals surface area contributed by atoms with Crippen LogP contribution in [0.15, 0.2) is 42.5 Å². The lowest BCUT2D eigenvalue weighted by Gasteiger charge is -2.32. The van der Waals surface area contributed by atoms with Gasteiger partial charge in [0.15, 0.2) is 6.61 Å². The highest BCUT2D eigenvalue weighted by Gasteiger charge is 2.30.